The van der Waals surface area contributed by atoms with E-state index >= 15 is 0 Å². The SMILES string of the molecule is CCCCc1ccc(-c2ccc(/C=C/c3ccc(CC)cc3F)cc2)c(F)c1F. The minimum Gasteiger partial charge on any atom is -0.206 e. The van der Waals surface area contributed by atoms with Gasteiger partial charge in [0.05, 0.1) is 0 Å². The summed E-state index contributed by atoms with van der Waals surface area (Å²) in [5, 5.41) is 0. The molecule has 0 amide bonds. The van der Waals surface area contributed by atoms with Crippen LogP contribution in [0.4, 0.5) is 13.2 Å². The summed E-state index contributed by atoms with van der Waals surface area (Å²) in [5.74, 6) is -1.82. The molecule has 0 atom stereocenters. The Kier molecular flexibility index (Phi) is 6.92. The van der Waals surface area contributed by atoms with Crippen molar-refractivity contribution in [3.8, 4) is 11.1 Å². The molecule has 0 aliphatic heterocycles. The van der Waals surface area contributed by atoms with Crippen LogP contribution in [0.15, 0.2) is 54.6 Å². The molecule has 0 heterocycles. The number of rotatable bonds is 7. The fourth-order valence-electron chi connectivity index (χ4n) is 3.26. The molecule has 0 unspecified atom stereocenters. The Hall–Kier alpha value is -2.81. The minimum atomic E-state index is -0.806. The van der Waals surface area contributed by atoms with Gasteiger partial charge in [0.2, 0.25) is 0 Å². The Morgan fingerprint density at radius 3 is 2.21 bits per heavy atom. The molecule has 3 rings (SSSR count). The largest absolute Gasteiger partial charge is 0.206 e. The van der Waals surface area contributed by atoms with E-state index in [2.05, 4.69) is 0 Å². The first-order chi connectivity index (χ1) is 14.0. The van der Waals surface area contributed by atoms with Crippen molar-refractivity contribution in [2.75, 3.05) is 0 Å². The Morgan fingerprint density at radius 1 is 0.793 bits per heavy atom. The summed E-state index contributed by atoms with van der Waals surface area (Å²) in [4.78, 5) is 0. The molecule has 0 aromatic heterocycles. The highest BCUT2D eigenvalue weighted by atomic mass is 19.2. The normalized spacial score (nSPS) is 11.3. The van der Waals surface area contributed by atoms with Crippen molar-refractivity contribution >= 4 is 12.2 Å². The van der Waals surface area contributed by atoms with E-state index in [1.54, 1.807) is 48.6 Å². The van der Waals surface area contributed by atoms with Crippen LogP contribution in [0.5, 0.6) is 0 Å². The van der Waals surface area contributed by atoms with Crippen LogP contribution in [0, 0.1) is 17.5 Å². The van der Waals surface area contributed by atoms with Gasteiger partial charge in [-0.3, -0.25) is 0 Å². The van der Waals surface area contributed by atoms with E-state index in [0.29, 0.717) is 23.1 Å². The molecule has 0 saturated heterocycles. The summed E-state index contributed by atoms with van der Waals surface area (Å²) in [6.07, 6.45) is 6.62. The van der Waals surface area contributed by atoms with Gasteiger partial charge in [-0.1, -0.05) is 81.0 Å². The summed E-state index contributed by atoms with van der Waals surface area (Å²) in [5.41, 5.74) is 3.61. The number of hydrogen-bond donors (Lipinski definition) is 0. The molecule has 3 aromatic carbocycles. The van der Waals surface area contributed by atoms with Crippen molar-refractivity contribution in [3.05, 3.63) is 94.3 Å². The minimum absolute atomic E-state index is 0.250. The predicted octanol–water partition coefficient (Wildman–Crippen LogP) is 7.85. The quantitative estimate of drug-likeness (QED) is 0.358. The van der Waals surface area contributed by atoms with Gasteiger partial charge in [-0.05, 0) is 47.6 Å². The lowest BCUT2D eigenvalue weighted by Crippen LogP contribution is -1.97. The van der Waals surface area contributed by atoms with Crippen molar-refractivity contribution in [1.29, 1.82) is 0 Å². The van der Waals surface area contributed by atoms with E-state index in [4.69, 9.17) is 0 Å². The van der Waals surface area contributed by atoms with Crippen LogP contribution in [0.3, 0.4) is 0 Å². The third-order valence-electron chi connectivity index (χ3n) is 5.11. The van der Waals surface area contributed by atoms with Gasteiger partial charge in [0.15, 0.2) is 11.6 Å². The molecule has 0 bridgehead atoms. The second-order valence-electron chi connectivity index (χ2n) is 7.17. The summed E-state index contributed by atoms with van der Waals surface area (Å²) in [7, 11) is 0. The lowest BCUT2D eigenvalue weighted by Gasteiger charge is -2.09. The highest BCUT2D eigenvalue weighted by Crippen LogP contribution is 2.28. The highest BCUT2D eigenvalue weighted by molar-refractivity contribution is 5.72. The maximum absolute atomic E-state index is 14.5. The molecule has 3 heteroatoms. The van der Waals surface area contributed by atoms with Crippen LogP contribution in [0.25, 0.3) is 23.3 Å². The topological polar surface area (TPSA) is 0 Å². The first kappa shape index (κ1) is 20.9. The second kappa shape index (κ2) is 9.60. The highest BCUT2D eigenvalue weighted by Gasteiger charge is 2.14. The Morgan fingerprint density at radius 2 is 1.55 bits per heavy atom. The van der Waals surface area contributed by atoms with Crippen LogP contribution in [-0.4, -0.2) is 0 Å². The molecule has 3 aromatic rings. The summed E-state index contributed by atoms with van der Waals surface area (Å²) in [6, 6.07) is 15.6. The molecular formula is C26H25F3. The molecule has 0 N–H and O–H groups in total. The molecule has 0 nitrogen and oxygen atoms in total. The maximum Gasteiger partial charge on any atom is 0.166 e. The number of unbranched alkanes of at least 4 members (excludes halogenated alkanes) is 1. The van der Waals surface area contributed by atoms with Crippen molar-refractivity contribution in [2.45, 2.75) is 39.5 Å². The Bertz CT molecular complexity index is 1000. The van der Waals surface area contributed by atoms with E-state index in [-0.39, 0.29) is 11.4 Å². The van der Waals surface area contributed by atoms with Crippen molar-refractivity contribution < 1.29 is 13.2 Å². The average molecular weight is 394 g/mol. The smallest absolute Gasteiger partial charge is 0.166 e. The number of hydrogen-bond acceptors (Lipinski definition) is 0. The number of benzene rings is 3. The van der Waals surface area contributed by atoms with E-state index in [1.807, 2.05) is 32.0 Å². The van der Waals surface area contributed by atoms with Gasteiger partial charge in [-0.15, -0.1) is 0 Å². The van der Waals surface area contributed by atoms with Crippen LogP contribution >= 0.6 is 0 Å². The van der Waals surface area contributed by atoms with Gasteiger partial charge in [0.1, 0.15) is 5.82 Å². The van der Waals surface area contributed by atoms with Crippen molar-refractivity contribution in [1.82, 2.24) is 0 Å². The van der Waals surface area contributed by atoms with Crippen molar-refractivity contribution in [2.24, 2.45) is 0 Å². The van der Waals surface area contributed by atoms with Gasteiger partial charge in [-0.25, -0.2) is 13.2 Å². The van der Waals surface area contributed by atoms with Crippen LogP contribution in [0.2, 0.25) is 0 Å². The zero-order valence-electron chi connectivity index (χ0n) is 16.8. The van der Waals surface area contributed by atoms with E-state index in [1.165, 1.54) is 0 Å². The average Bonchev–Trinajstić information content (AvgIpc) is 2.74. The summed E-state index contributed by atoms with van der Waals surface area (Å²) >= 11 is 0. The molecule has 0 aliphatic carbocycles. The van der Waals surface area contributed by atoms with Crippen LogP contribution in [-0.2, 0) is 12.8 Å². The first-order valence-electron chi connectivity index (χ1n) is 10.1. The molecule has 0 radical (unpaired) electrons. The van der Waals surface area contributed by atoms with Gasteiger partial charge in [0.25, 0.3) is 0 Å². The fraction of sp³-hybridized carbons (Fsp3) is 0.231. The molecular weight excluding hydrogens is 369 g/mol. The zero-order valence-corrected chi connectivity index (χ0v) is 16.8. The number of aryl methyl sites for hydroxylation is 2. The number of halogens is 3. The summed E-state index contributed by atoms with van der Waals surface area (Å²) in [6.45, 7) is 4.01. The zero-order chi connectivity index (χ0) is 20.8. The predicted molar refractivity (Wildman–Crippen MR) is 115 cm³/mol. The third-order valence-corrected chi connectivity index (χ3v) is 5.11. The van der Waals surface area contributed by atoms with E-state index in [9.17, 15) is 13.2 Å². The maximum atomic E-state index is 14.5. The lowest BCUT2D eigenvalue weighted by atomic mass is 9.99. The van der Waals surface area contributed by atoms with Crippen molar-refractivity contribution in [3.63, 3.8) is 0 Å². The molecule has 0 spiro atoms. The first-order valence-corrected chi connectivity index (χ1v) is 10.1. The molecule has 150 valence electrons. The second-order valence-corrected chi connectivity index (χ2v) is 7.17. The standard InChI is InChI=1S/C26H25F3/c1-3-5-6-22-15-16-23(26(29)25(22)28)20-11-8-19(9-12-20)10-14-21-13-7-18(4-2)17-24(21)27/h7-17H,3-6H2,1-2H3/b14-10+. The van der Waals surface area contributed by atoms with Gasteiger partial charge >= 0.3 is 0 Å². The molecule has 0 fully saturated rings. The van der Waals surface area contributed by atoms with E-state index in [0.717, 1.165) is 30.4 Å². The van der Waals surface area contributed by atoms with Crippen LogP contribution in [0.1, 0.15) is 48.9 Å². The molecule has 29 heavy (non-hydrogen) atoms. The monoisotopic (exact) mass is 394 g/mol. The van der Waals surface area contributed by atoms with Gasteiger partial charge in [0, 0.05) is 11.1 Å². The summed E-state index contributed by atoms with van der Waals surface area (Å²) < 4.78 is 42.9. The lowest BCUT2D eigenvalue weighted by molar-refractivity contribution is 0.499. The Balaban J connectivity index is 1.79. The fourth-order valence-corrected chi connectivity index (χ4v) is 3.26. The molecule has 0 aliphatic rings. The third kappa shape index (κ3) is 4.97. The Labute approximate surface area is 170 Å². The van der Waals surface area contributed by atoms with Gasteiger partial charge < -0.3 is 0 Å². The molecule has 0 saturated carbocycles. The van der Waals surface area contributed by atoms with Crippen LogP contribution < -0.4 is 0 Å². The van der Waals surface area contributed by atoms with E-state index < -0.39 is 11.6 Å². The van der Waals surface area contributed by atoms with Gasteiger partial charge in [-0.2, -0.15) is 0 Å².